The minimum Gasteiger partial charge on any atom is -0.395 e. The van der Waals surface area contributed by atoms with Crippen LogP contribution in [0.25, 0.3) is 0 Å². The van der Waals surface area contributed by atoms with Gasteiger partial charge in [-0.3, -0.25) is 0 Å². The second-order valence-electron chi connectivity index (χ2n) is 6.03. The van der Waals surface area contributed by atoms with Crippen LogP contribution in [0.1, 0.15) is 33.1 Å². The first-order valence-corrected chi connectivity index (χ1v) is 7.28. The summed E-state index contributed by atoms with van der Waals surface area (Å²) in [5.74, 6) is 0. The Morgan fingerprint density at radius 2 is 1.89 bits per heavy atom. The van der Waals surface area contributed by atoms with E-state index >= 15 is 0 Å². The standard InChI is InChI=1S/C14H31N3O/c1-12(2)15-13(11-18)5-8-17-9-6-14(7-10-17)16(3)4/h12-15,18H,5-11H2,1-4H3. The van der Waals surface area contributed by atoms with Gasteiger partial charge in [0, 0.05) is 18.1 Å². The number of likely N-dealkylation sites (tertiary alicyclic amines) is 1. The molecule has 1 atom stereocenters. The van der Waals surface area contributed by atoms with Crippen molar-refractivity contribution in [2.24, 2.45) is 0 Å². The van der Waals surface area contributed by atoms with Gasteiger partial charge in [0.05, 0.1) is 6.61 Å². The number of hydrogen-bond acceptors (Lipinski definition) is 4. The number of piperidine rings is 1. The average molecular weight is 257 g/mol. The molecular formula is C14H31N3O. The topological polar surface area (TPSA) is 38.7 Å². The fourth-order valence-corrected chi connectivity index (χ4v) is 2.70. The zero-order chi connectivity index (χ0) is 13.5. The molecule has 0 aromatic heterocycles. The summed E-state index contributed by atoms with van der Waals surface area (Å²) in [6.45, 7) is 8.00. The predicted octanol–water partition coefficient (Wildman–Crippen LogP) is 0.761. The van der Waals surface area contributed by atoms with Gasteiger partial charge in [0.15, 0.2) is 0 Å². The Bertz CT molecular complexity index is 213. The van der Waals surface area contributed by atoms with E-state index in [2.05, 4.69) is 43.1 Å². The Hall–Kier alpha value is -0.160. The molecule has 1 aliphatic rings. The molecule has 4 nitrogen and oxygen atoms in total. The molecule has 0 saturated carbocycles. The minimum absolute atomic E-state index is 0.242. The van der Waals surface area contributed by atoms with Crippen molar-refractivity contribution >= 4 is 0 Å². The maximum absolute atomic E-state index is 9.33. The molecule has 0 aliphatic carbocycles. The first kappa shape index (κ1) is 15.9. The van der Waals surface area contributed by atoms with Gasteiger partial charge >= 0.3 is 0 Å². The largest absolute Gasteiger partial charge is 0.395 e. The van der Waals surface area contributed by atoms with Crippen LogP contribution >= 0.6 is 0 Å². The zero-order valence-electron chi connectivity index (χ0n) is 12.5. The molecule has 0 spiro atoms. The summed E-state index contributed by atoms with van der Waals surface area (Å²) < 4.78 is 0. The van der Waals surface area contributed by atoms with Crippen molar-refractivity contribution in [1.29, 1.82) is 0 Å². The number of aliphatic hydroxyl groups excluding tert-OH is 1. The van der Waals surface area contributed by atoms with E-state index in [1.807, 2.05) is 0 Å². The van der Waals surface area contributed by atoms with Crippen LogP contribution in [-0.2, 0) is 0 Å². The fraction of sp³-hybridized carbons (Fsp3) is 1.00. The lowest BCUT2D eigenvalue weighted by Crippen LogP contribution is -2.44. The predicted molar refractivity (Wildman–Crippen MR) is 76.9 cm³/mol. The van der Waals surface area contributed by atoms with Crippen LogP contribution in [0.5, 0.6) is 0 Å². The quantitative estimate of drug-likeness (QED) is 0.706. The number of rotatable bonds is 7. The smallest absolute Gasteiger partial charge is 0.0585 e. The Kier molecular flexibility index (Phi) is 7.15. The molecule has 0 radical (unpaired) electrons. The Morgan fingerprint density at radius 1 is 1.28 bits per heavy atom. The maximum Gasteiger partial charge on any atom is 0.0585 e. The van der Waals surface area contributed by atoms with Crippen LogP contribution in [0.15, 0.2) is 0 Å². The molecule has 1 aliphatic heterocycles. The van der Waals surface area contributed by atoms with Gasteiger partial charge < -0.3 is 20.2 Å². The van der Waals surface area contributed by atoms with Crippen molar-refractivity contribution in [2.75, 3.05) is 40.3 Å². The van der Waals surface area contributed by atoms with E-state index in [9.17, 15) is 5.11 Å². The molecule has 2 N–H and O–H groups in total. The van der Waals surface area contributed by atoms with Crippen molar-refractivity contribution in [1.82, 2.24) is 15.1 Å². The van der Waals surface area contributed by atoms with Gasteiger partial charge in [0.2, 0.25) is 0 Å². The van der Waals surface area contributed by atoms with Crippen molar-refractivity contribution < 1.29 is 5.11 Å². The Labute approximate surface area is 112 Å². The van der Waals surface area contributed by atoms with Crippen LogP contribution in [0, 0.1) is 0 Å². The fourth-order valence-electron chi connectivity index (χ4n) is 2.70. The summed E-state index contributed by atoms with van der Waals surface area (Å²) in [5, 5.41) is 12.7. The third-order valence-corrected chi connectivity index (χ3v) is 3.87. The summed E-state index contributed by atoms with van der Waals surface area (Å²) in [7, 11) is 4.35. The van der Waals surface area contributed by atoms with Crippen molar-refractivity contribution in [3.63, 3.8) is 0 Å². The highest BCUT2D eigenvalue weighted by Gasteiger charge is 2.21. The molecule has 1 rings (SSSR count). The lowest BCUT2D eigenvalue weighted by atomic mass is 10.0. The van der Waals surface area contributed by atoms with E-state index in [0.717, 1.165) is 19.0 Å². The van der Waals surface area contributed by atoms with Gasteiger partial charge in [0.1, 0.15) is 0 Å². The number of aliphatic hydroxyl groups is 1. The van der Waals surface area contributed by atoms with Gasteiger partial charge in [-0.15, -0.1) is 0 Å². The van der Waals surface area contributed by atoms with Gasteiger partial charge in [0.25, 0.3) is 0 Å². The molecule has 0 aromatic rings. The van der Waals surface area contributed by atoms with E-state index in [1.54, 1.807) is 0 Å². The first-order chi connectivity index (χ1) is 8.52. The van der Waals surface area contributed by atoms with E-state index < -0.39 is 0 Å². The molecule has 108 valence electrons. The highest BCUT2D eigenvalue weighted by Crippen LogP contribution is 2.14. The zero-order valence-corrected chi connectivity index (χ0v) is 12.5. The molecule has 1 unspecified atom stereocenters. The highest BCUT2D eigenvalue weighted by molar-refractivity contribution is 4.78. The first-order valence-electron chi connectivity index (χ1n) is 7.28. The van der Waals surface area contributed by atoms with E-state index in [0.29, 0.717) is 6.04 Å². The van der Waals surface area contributed by atoms with Gasteiger partial charge in [-0.25, -0.2) is 0 Å². The van der Waals surface area contributed by atoms with E-state index in [-0.39, 0.29) is 12.6 Å². The summed E-state index contributed by atoms with van der Waals surface area (Å²) >= 11 is 0. The highest BCUT2D eigenvalue weighted by atomic mass is 16.3. The Morgan fingerprint density at radius 3 is 2.33 bits per heavy atom. The second kappa shape index (κ2) is 8.10. The number of nitrogens with zero attached hydrogens (tertiary/aromatic N) is 2. The van der Waals surface area contributed by atoms with Crippen LogP contribution in [0.2, 0.25) is 0 Å². The van der Waals surface area contributed by atoms with Crippen LogP contribution in [-0.4, -0.2) is 73.4 Å². The average Bonchev–Trinajstić information content (AvgIpc) is 2.34. The lowest BCUT2D eigenvalue weighted by Gasteiger charge is -2.35. The summed E-state index contributed by atoms with van der Waals surface area (Å²) in [6, 6.07) is 1.45. The molecule has 18 heavy (non-hydrogen) atoms. The third-order valence-electron chi connectivity index (χ3n) is 3.87. The number of hydrogen-bond donors (Lipinski definition) is 2. The monoisotopic (exact) mass is 257 g/mol. The van der Waals surface area contributed by atoms with Crippen LogP contribution < -0.4 is 5.32 Å². The SMILES string of the molecule is CC(C)NC(CO)CCN1CCC(N(C)C)CC1. The van der Waals surface area contributed by atoms with Gasteiger partial charge in [-0.1, -0.05) is 13.8 Å². The molecule has 1 saturated heterocycles. The molecule has 1 fully saturated rings. The molecule has 4 heteroatoms. The third kappa shape index (κ3) is 5.65. The van der Waals surface area contributed by atoms with Crippen LogP contribution in [0.3, 0.4) is 0 Å². The maximum atomic E-state index is 9.33. The molecular weight excluding hydrogens is 226 g/mol. The van der Waals surface area contributed by atoms with Crippen LogP contribution in [0.4, 0.5) is 0 Å². The number of nitrogens with one attached hydrogen (secondary N) is 1. The molecule has 0 aromatic carbocycles. The van der Waals surface area contributed by atoms with Gasteiger partial charge in [-0.05, 0) is 53.0 Å². The minimum atomic E-state index is 0.242. The van der Waals surface area contributed by atoms with E-state index in [1.165, 1.54) is 25.9 Å². The molecule has 1 heterocycles. The van der Waals surface area contributed by atoms with Gasteiger partial charge in [-0.2, -0.15) is 0 Å². The normalized spacial score (nSPS) is 20.8. The summed E-state index contributed by atoms with van der Waals surface area (Å²) in [6.07, 6.45) is 3.59. The molecule has 0 amide bonds. The molecule has 0 bridgehead atoms. The Balaban J connectivity index is 2.20. The lowest BCUT2D eigenvalue weighted by molar-refractivity contribution is 0.134. The van der Waals surface area contributed by atoms with E-state index in [4.69, 9.17) is 0 Å². The summed E-state index contributed by atoms with van der Waals surface area (Å²) in [5.41, 5.74) is 0. The van der Waals surface area contributed by atoms with Crippen molar-refractivity contribution in [3.8, 4) is 0 Å². The van der Waals surface area contributed by atoms with Crippen molar-refractivity contribution in [3.05, 3.63) is 0 Å². The van der Waals surface area contributed by atoms with Crippen molar-refractivity contribution in [2.45, 2.75) is 51.2 Å². The summed E-state index contributed by atoms with van der Waals surface area (Å²) in [4.78, 5) is 4.87. The second-order valence-corrected chi connectivity index (χ2v) is 6.03.